The Hall–Kier alpha value is -4.02. The van der Waals surface area contributed by atoms with Crippen molar-refractivity contribution in [3.8, 4) is 11.1 Å². The van der Waals surface area contributed by atoms with E-state index in [0.29, 0.717) is 42.3 Å². The number of urea groups is 1. The van der Waals surface area contributed by atoms with Gasteiger partial charge in [-0.3, -0.25) is 4.90 Å². The number of amides is 2. The number of nitrogens with zero attached hydrogens (tertiary/aromatic N) is 4. The minimum Gasteiger partial charge on any atom is -0.382 e. The number of rotatable bonds is 5. The first kappa shape index (κ1) is 22.8. The van der Waals surface area contributed by atoms with E-state index in [0.717, 1.165) is 29.9 Å². The number of fused-ring (bicyclic) bond motifs is 1. The van der Waals surface area contributed by atoms with Gasteiger partial charge in [-0.15, -0.1) is 0 Å². The number of hydrogen-bond donors (Lipinski definition) is 3. The second-order valence-electron chi connectivity index (χ2n) is 8.49. The summed E-state index contributed by atoms with van der Waals surface area (Å²) in [6, 6.07) is 13.5. The number of ether oxygens (including phenoxy) is 1. The SMILES string of the molecule is Cc1cccc(NC(=O)Nc2ccc(-c3cc(CN4CCOCC4)n4ncnc(N)c34)cc2F)c1. The molecule has 1 saturated heterocycles. The van der Waals surface area contributed by atoms with E-state index in [1.165, 1.54) is 18.5 Å². The van der Waals surface area contributed by atoms with E-state index in [4.69, 9.17) is 10.5 Å². The van der Waals surface area contributed by atoms with Crippen molar-refractivity contribution in [1.82, 2.24) is 19.5 Å². The number of nitrogen functional groups attached to an aromatic ring is 1. The number of aryl methyl sites for hydroxylation is 1. The number of morpholine rings is 1. The highest BCUT2D eigenvalue weighted by atomic mass is 19.1. The summed E-state index contributed by atoms with van der Waals surface area (Å²) in [6.07, 6.45) is 1.41. The minimum absolute atomic E-state index is 0.0696. The van der Waals surface area contributed by atoms with Crippen molar-refractivity contribution < 1.29 is 13.9 Å². The van der Waals surface area contributed by atoms with Gasteiger partial charge in [0.15, 0.2) is 5.82 Å². The molecule has 9 nitrogen and oxygen atoms in total. The Morgan fingerprint density at radius 2 is 1.97 bits per heavy atom. The normalized spacial score (nSPS) is 14.2. The van der Waals surface area contributed by atoms with Crippen molar-refractivity contribution in [3.05, 3.63) is 71.9 Å². The predicted molar refractivity (Wildman–Crippen MR) is 133 cm³/mol. The van der Waals surface area contributed by atoms with Crippen molar-refractivity contribution in [1.29, 1.82) is 0 Å². The van der Waals surface area contributed by atoms with Crippen LogP contribution in [-0.2, 0) is 11.3 Å². The highest BCUT2D eigenvalue weighted by Crippen LogP contribution is 2.32. The summed E-state index contributed by atoms with van der Waals surface area (Å²) in [6.45, 7) is 5.60. The van der Waals surface area contributed by atoms with Crippen molar-refractivity contribution >= 4 is 28.7 Å². The Kier molecular flexibility index (Phi) is 6.30. The lowest BCUT2D eigenvalue weighted by Crippen LogP contribution is -2.36. The highest BCUT2D eigenvalue weighted by molar-refractivity contribution is 6.00. The molecule has 35 heavy (non-hydrogen) atoms. The maximum atomic E-state index is 15.0. The number of nitrogens with two attached hydrogens (primary N) is 1. The van der Waals surface area contributed by atoms with Crippen LogP contribution in [0.1, 0.15) is 11.3 Å². The Balaban J connectivity index is 1.41. The van der Waals surface area contributed by atoms with Crippen LogP contribution in [0.15, 0.2) is 54.9 Å². The first-order valence-electron chi connectivity index (χ1n) is 11.3. The summed E-state index contributed by atoms with van der Waals surface area (Å²) in [5.41, 5.74) is 10.8. The van der Waals surface area contributed by atoms with E-state index in [9.17, 15) is 4.79 Å². The highest BCUT2D eigenvalue weighted by Gasteiger charge is 2.19. The summed E-state index contributed by atoms with van der Waals surface area (Å²) in [5, 5.41) is 9.67. The van der Waals surface area contributed by atoms with E-state index in [1.54, 1.807) is 16.6 Å². The molecular weight excluding hydrogens is 449 g/mol. The molecule has 4 N–H and O–H groups in total. The fourth-order valence-corrected chi connectivity index (χ4v) is 4.25. The van der Waals surface area contributed by atoms with Gasteiger partial charge in [-0.05, 0) is 48.4 Å². The van der Waals surface area contributed by atoms with Gasteiger partial charge < -0.3 is 21.1 Å². The van der Waals surface area contributed by atoms with Crippen LogP contribution in [0.4, 0.5) is 26.4 Å². The molecule has 4 aromatic rings. The summed E-state index contributed by atoms with van der Waals surface area (Å²) < 4.78 is 22.2. The number of carbonyl (C=O) groups excluding carboxylic acids is 1. The number of benzene rings is 2. The van der Waals surface area contributed by atoms with Crippen molar-refractivity contribution in [2.45, 2.75) is 13.5 Å². The predicted octanol–water partition coefficient (Wildman–Crippen LogP) is 3.90. The van der Waals surface area contributed by atoms with E-state index in [2.05, 4.69) is 25.6 Å². The summed E-state index contributed by atoms with van der Waals surface area (Å²) in [4.78, 5) is 18.8. The molecule has 0 aliphatic carbocycles. The number of aromatic nitrogens is 3. The lowest BCUT2D eigenvalue weighted by Gasteiger charge is -2.26. The molecule has 180 valence electrons. The second-order valence-corrected chi connectivity index (χ2v) is 8.49. The number of nitrogens with one attached hydrogen (secondary N) is 2. The quantitative estimate of drug-likeness (QED) is 0.404. The molecule has 10 heteroatoms. The lowest BCUT2D eigenvalue weighted by atomic mass is 10.1. The van der Waals surface area contributed by atoms with Gasteiger partial charge in [0.25, 0.3) is 0 Å². The molecule has 2 aromatic carbocycles. The van der Waals surface area contributed by atoms with Gasteiger partial charge >= 0.3 is 6.03 Å². The van der Waals surface area contributed by atoms with E-state index in [1.807, 2.05) is 31.2 Å². The molecule has 0 unspecified atom stereocenters. The fraction of sp³-hybridized carbons (Fsp3) is 0.240. The summed E-state index contributed by atoms with van der Waals surface area (Å²) >= 11 is 0. The molecule has 1 aliphatic rings. The molecule has 1 aliphatic heterocycles. The van der Waals surface area contributed by atoms with Gasteiger partial charge in [-0.1, -0.05) is 18.2 Å². The Morgan fingerprint density at radius 1 is 1.14 bits per heavy atom. The molecule has 5 rings (SSSR count). The monoisotopic (exact) mass is 475 g/mol. The van der Waals surface area contributed by atoms with Crippen molar-refractivity contribution in [2.75, 3.05) is 42.7 Å². The molecule has 3 heterocycles. The van der Waals surface area contributed by atoms with Crippen LogP contribution in [0.25, 0.3) is 16.6 Å². The van der Waals surface area contributed by atoms with Crippen LogP contribution >= 0.6 is 0 Å². The first-order valence-corrected chi connectivity index (χ1v) is 11.3. The van der Waals surface area contributed by atoms with Crippen LogP contribution in [0.3, 0.4) is 0 Å². The van der Waals surface area contributed by atoms with Crippen LogP contribution in [0.2, 0.25) is 0 Å². The standard InChI is InChI=1S/C25H26FN7O2/c1-16-3-2-4-18(11-16)30-25(34)31-22-6-5-17(12-21(22)26)20-13-19(14-32-7-9-35-10-8-32)33-23(20)24(27)28-15-29-33/h2-6,11-13,15H,7-10,14H2,1H3,(H2,27,28,29)(H2,30,31,34). The third-order valence-electron chi connectivity index (χ3n) is 5.95. The molecule has 0 radical (unpaired) electrons. The number of hydrogen-bond acceptors (Lipinski definition) is 6. The Morgan fingerprint density at radius 3 is 2.74 bits per heavy atom. The van der Waals surface area contributed by atoms with E-state index in [-0.39, 0.29) is 5.69 Å². The zero-order valence-electron chi connectivity index (χ0n) is 19.3. The second kappa shape index (κ2) is 9.69. The smallest absolute Gasteiger partial charge is 0.323 e. The maximum absolute atomic E-state index is 15.0. The van der Waals surface area contributed by atoms with Crippen LogP contribution in [0, 0.1) is 12.7 Å². The van der Waals surface area contributed by atoms with Gasteiger partial charge in [0.2, 0.25) is 0 Å². The van der Waals surface area contributed by atoms with Crippen LogP contribution in [-0.4, -0.2) is 51.8 Å². The zero-order chi connectivity index (χ0) is 24.4. The van der Waals surface area contributed by atoms with Crippen molar-refractivity contribution in [2.24, 2.45) is 0 Å². The summed E-state index contributed by atoms with van der Waals surface area (Å²) in [5.74, 6) is -0.255. The molecule has 0 bridgehead atoms. The fourth-order valence-electron chi connectivity index (χ4n) is 4.25. The lowest BCUT2D eigenvalue weighted by molar-refractivity contribution is 0.0334. The molecule has 2 aromatic heterocycles. The van der Waals surface area contributed by atoms with Gasteiger partial charge in [0, 0.05) is 30.9 Å². The molecule has 0 atom stereocenters. The third-order valence-corrected chi connectivity index (χ3v) is 5.95. The van der Waals surface area contributed by atoms with E-state index < -0.39 is 11.8 Å². The molecule has 2 amide bonds. The Bertz CT molecular complexity index is 1380. The Labute approximate surface area is 201 Å². The van der Waals surface area contributed by atoms with Gasteiger partial charge in [0.1, 0.15) is 17.7 Å². The summed E-state index contributed by atoms with van der Waals surface area (Å²) in [7, 11) is 0. The topological polar surface area (TPSA) is 110 Å². The maximum Gasteiger partial charge on any atom is 0.323 e. The molecular formula is C25H26FN7O2. The number of carbonyl (C=O) groups is 1. The van der Waals surface area contributed by atoms with Crippen molar-refractivity contribution in [3.63, 3.8) is 0 Å². The average Bonchev–Trinajstić information content (AvgIpc) is 3.20. The molecule has 0 saturated carbocycles. The van der Waals surface area contributed by atoms with Gasteiger partial charge in [-0.25, -0.2) is 18.7 Å². The largest absolute Gasteiger partial charge is 0.382 e. The minimum atomic E-state index is -0.564. The molecule has 0 spiro atoms. The molecule has 1 fully saturated rings. The number of anilines is 3. The van der Waals surface area contributed by atoms with Crippen LogP contribution in [0.5, 0.6) is 0 Å². The van der Waals surface area contributed by atoms with Gasteiger partial charge in [-0.2, -0.15) is 5.10 Å². The third kappa shape index (κ3) is 4.93. The number of halogens is 1. The van der Waals surface area contributed by atoms with Crippen LogP contribution < -0.4 is 16.4 Å². The first-order chi connectivity index (χ1) is 17.0. The van der Waals surface area contributed by atoms with E-state index >= 15 is 4.39 Å². The zero-order valence-corrected chi connectivity index (χ0v) is 19.3. The van der Waals surface area contributed by atoms with Gasteiger partial charge in [0.05, 0.1) is 24.6 Å². The average molecular weight is 476 g/mol.